The second-order valence-corrected chi connectivity index (χ2v) is 8.50. The second kappa shape index (κ2) is 10.1. The number of likely N-dealkylation sites (tertiary alicyclic amines) is 1. The summed E-state index contributed by atoms with van der Waals surface area (Å²) >= 11 is 1.32. The smallest absolute Gasteiger partial charge is 0.261 e. The Labute approximate surface area is 190 Å². The van der Waals surface area contributed by atoms with Crippen molar-refractivity contribution in [2.45, 2.75) is 44.3 Å². The fourth-order valence-electron chi connectivity index (χ4n) is 3.92. The summed E-state index contributed by atoms with van der Waals surface area (Å²) < 4.78 is 15.3. The summed E-state index contributed by atoms with van der Waals surface area (Å²) in [6.45, 7) is 6.04. The molecule has 1 atom stereocenters. The minimum absolute atomic E-state index is 0.0424. The Kier molecular flexibility index (Phi) is 7.03. The molecule has 3 heterocycles. The number of fused-ring (bicyclic) bond motifs is 1. The normalized spacial score (nSPS) is 16.0. The van der Waals surface area contributed by atoms with Gasteiger partial charge in [-0.05, 0) is 50.8 Å². The lowest BCUT2D eigenvalue weighted by Crippen LogP contribution is -2.38. The van der Waals surface area contributed by atoms with Crippen LogP contribution in [0.5, 0.6) is 0 Å². The van der Waals surface area contributed by atoms with E-state index >= 15 is 0 Å². The molecule has 1 saturated heterocycles. The van der Waals surface area contributed by atoms with Gasteiger partial charge in [0.05, 0.1) is 5.75 Å². The number of aromatic nitrogens is 5. The van der Waals surface area contributed by atoms with Crippen molar-refractivity contribution in [3.05, 3.63) is 35.6 Å². The van der Waals surface area contributed by atoms with Gasteiger partial charge in [0.1, 0.15) is 5.82 Å². The van der Waals surface area contributed by atoms with Gasteiger partial charge in [0.15, 0.2) is 5.16 Å². The lowest BCUT2D eigenvalue weighted by molar-refractivity contribution is -0.129. The highest BCUT2D eigenvalue weighted by molar-refractivity contribution is 7.99. The number of anilines is 2. The molecule has 2 aromatic heterocycles. The van der Waals surface area contributed by atoms with E-state index in [9.17, 15) is 9.18 Å². The molecule has 0 bridgehead atoms. The molecule has 0 spiro atoms. The highest BCUT2D eigenvalue weighted by Crippen LogP contribution is 2.25. The van der Waals surface area contributed by atoms with Crippen LogP contribution in [-0.4, -0.2) is 66.8 Å². The monoisotopic (exact) mass is 458 g/mol. The van der Waals surface area contributed by atoms with Gasteiger partial charge in [-0.15, -0.1) is 10.2 Å². The molecule has 9 nitrogen and oxygen atoms in total. The summed E-state index contributed by atoms with van der Waals surface area (Å²) in [6, 6.07) is 6.69. The van der Waals surface area contributed by atoms with E-state index in [0.29, 0.717) is 42.3 Å². The van der Waals surface area contributed by atoms with Crippen LogP contribution in [0.2, 0.25) is 0 Å². The number of hydrogen-bond acceptors (Lipinski definition) is 8. The average molecular weight is 459 g/mol. The Bertz CT molecular complexity index is 1090. The fourth-order valence-corrected chi connectivity index (χ4v) is 4.73. The van der Waals surface area contributed by atoms with Gasteiger partial charge in [0, 0.05) is 25.7 Å². The van der Waals surface area contributed by atoms with Crippen molar-refractivity contribution in [1.82, 2.24) is 29.5 Å². The molecule has 1 aliphatic heterocycles. The minimum Gasteiger partial charge on any atom is -0.355 e. The Morgan fingerprint density at radius 1 is 1.22 bits per heavy atom. The number of amides is 1. The van der Waals surface area contributed by atoms with E-state index in [-0.39, 0.29) is 23.5 Å². The van der Waals surface area contributed by atoms with Crippen molar-refractivity contribution in [2.75, 3.05) is 36.0 Å². The van der Waals surface area contributed by atoms with Gasteiger partial charge in [-0.25, -0.2) is 8.79 Å². The maximum atomic E-state index is 13.5. The van der Waals surface area contributed by atoms with Crippen molar-refractivity contribution in [1.29, 1.82) is 0 Å². The fraction of sp³-hybridized carbons (Fsp3) is 0.476. The summed E-state index contributed by atoms with van der Waals surface area (Å²) in [5, 5.41) is 15.2. The molecule has 32 heavy (non-hydrogen) atoms. The highest BCUT2D eigenvalue weighted by Gasteiger charge is 2.29. The van der Waals surface area contributed by atoms with Crippen LogP contribution in [0.25, 0.3) is 5.78 Å². The largest absolute Gasteiger partial charge is 0.355 e. The number of thioether (sulfide) groups is 1. The molecule has 0 radical (unpaired) electrons. The van der Waals surface area contributed by atoms with Crippen LogP contribution in [0.15, 0.2) is 29.4 Å². The van der Waals surface area contributed by atoms with Crippen LogP contribution in [0.4, 0.5) is 16.3 Å². The number of hydrogen-bond donors (Lipinski definition) is 2. The number of benzene rings is 1. The van der Waals surface area contributed by atoms with Gasteiger partial charge in [-0.1, -0.05) is 23.9 Å². The lowest BCUT2D eigenvalue weighted by atomic mass is 10.0. The lowest BCUT2D eigenvalue weighted by Gasteiger charge is -2.24. The SMILES string of the molecule is CCNc1nc(NCC)n2c(SCC(=O)N3CCCC3Cc3cccc(F)c3)nnc2n1. The quantitative estimate of drug-likeness (QED) is 0.472. The molecule has 1 unspecified atom stereocenters. The van der Waals surface area contributed by atoms with Crippen molar-refractivity contribution in [3.8, 4) is 0 Å². The van der Waals surface area contributed by atoms with Gasteiger partial charge >= 0.3 is 0 Å². The van der Waals surface area contributed by atoms with Gasteiger partial charge in [0.25, 0.3) is 5.78 Å². The molecule has 3 aromatic rings. The molecule has 11 heteroatoms. The molecule has 1 fully saturated rings. The van der Waals surface area contributed by atoms with Crippen LogP contribution in [0, 0.1) is 5.82 Å². The molecule has 4 rings (SSSR count). The molecular weight excluding hydrogens is 431 g/mol. The molecule has 1 amide bonds. The first-order valence-electron chi connectivity index (χ1n) is 10.9. The van der Waals surface area contributed by atoms with Crippen LogP contribution in [0.1, 0.15) is 32.3 Å². The van der Waals surface area contributed by atoms with Crippen LogP contribution in [0.3, 0.4) is 0 Å². The van der Waals surface area contributed by atoms with E-state index in [4.69, 9.17) is 0 Å². The zero-order valence-corrected chi connectivity index (χ0v) is 19.0. The topological polar surface area (TPSA) is 100 Å². The summed E-state index contributed by atoms with van der Waals surface area (Å²) in [4.78, 5) is 23.8. The summed E-state index contributed by atoms with van der Waals surface area (Å²) in [5.74, 6) is 1.52. The Morgan fingerprint density at radius 3 is 2.84 bits per heavy atom. The van der Waals surface area contributed by atoms with E-state index in [2.05, 4.69) is 30.8 Å². The minimum atomic E-state index is -0.247. The first-order valence-corrected chi connectivity index (χ1v) is 11.8. The predicted molar refractivity (Wildman–Crippen MR) is 122 cm³/mol. The summed E-state index contributed by atoms with van der Waals surface area (Å²) in [5.41, 5.74) is 0.912. The molecule has 0 aliphatic carbocycles. The zero-order chi connectivity index (χ0) is 22.5. The molecule has 2 N–H and O–H groups in total. The highest BCUT2D eigenvalue weighted by atomic mass is 32.2. The standard InChI is InChI=1S/C21H27FN8OS/c1-3-23-18-25-19(24-4-2)30-20(26-18)27-28-21(30)32-13-17(31)29-10-6-9-16(29)12-14-7-5-8-15(22)11-14/h5,7-8,11,16H,3-4,6,9-10,12-13H2,1-2H3,(H2,23,24,25,26,27). The third-order valence-electron chi connectivity index (χ3n) is 5.30. The van der Waals surface area contributed by atoms with Crippen LogP contribution < -0.4 is 10.6 Å². The molecule has 170 valence electrons. The summed E-state index contributed by atoms with van der Waals surface area (Å²) in [6.07, 6.45) is 2.54. The average Bonchev–Trinajstić information content (AvgIpc) is 3.40. The van der Waals surface area contributed by atoms with Crippen LogP contribution in [-0.2, 0) is 11.2 Å². The maximum absolute atomic E-state index is 13.5. The number of nitrogens with one attached hydrogen (secondary N) is 2. The number of halogens is 1. The first kappa shape index (κ1) is 22.3. The zero-order valence-electron chi connectivity index (χ0n) is 18.2. The molecule has 1 aromatic carbocycles. The summed E-state index contributed by atoms with van der Waals surface area (Å²) in [7, 11) is 0. The van der Waals surface area contributed by atoms with E-state index in [1.54, 1.807) is 16.5 Å². The van der Waals surface area contributed by atoms with E-state index < -0.39 is 0 Å². The van der Waals surface area contributed by atoms with Gasteiger partial charge in [-0.2, -0.15) is 9.97 Å². The molecule has 1 aliphatic rings. The number of carbonyl (C=O) groups excluding carboxylic acids is 1. The van der Waals surface area contributed by atoms with E-state index in [1.807, 2.05) is 24.8 Å². The number of nitrogens with zero attached hydrogens (tertiary/aromatic N) is 6. The number of carbonyl (C=O) groups is 1. The third-order valence-corrected chi connectivity index (χ3v) is 6.21. The first-order chi connectivity index (χ1) is 15.6. The van der Waals surface area contributed by atoms with Gasteiger partial charge in [0.2, 0.25) is 17.8 Å². The van der Waals surface area contributed by atoms with E-state index in [0.717, 1.165) is 24.9 Å². The number of rotatable bonds is 9. The third kappa shape index (κ3) is 4.93. The van der Waals surface area contributed by atoms with Crippen molar-refractivity contribution in [2.24, 2.45) is 0 Å². The molecule has 0 saturated carbocycles. The van der Waals surface area contributed by atoms with E-state index in [1.165, 1.54) is 17.8 Å². The second-order valence-electron chi connectivity index (χ2n) is 7.56. The molecular formula is C21H27FN8OS. The van der Waals surface area contributed by atoms with Crippen molar-refractivity contribution >= 4 is 35.3 Å². The Morgan fingerprint density at radius 2 is 2.06 bits per heavy atom. The van der Waals surface area contributed by atoms with Crippen molar-refractivity contribution in [3.63, 3.8) is 0 Å². The van der Waals surface area contributed by atoms with Crippen molar-refractivity contribution < 1.29 is 9.18 Å². The van der Waals surface area contributed by atoms with Crippen LogP contribution >= 0.6 is 11.8 Å². The van der Waals surface area contributed by atoms with Gasteiger partial charge in [-0.3, -0.25) is 4.79 Å². The maximum Gasteiger partial charge on any atom is 0.261 e. The predicted octanol–water partition coefficient (Wildman–Crippen LogP) is 2.85. The van der Waals surface area contributed by atoms with Gasteiger partial charge < -0.3 is 15.5 Å². The Hall–Kier alpha value is -2.95. The Balaban J connectivity index is 1.46.